The molecule has 0 aromatic heterocycles. The summed E-state index contributed by atoms with van der Waals surface area (Å²) in [7, 11) is 0. The molecule has 45 heavy (non-hydrogen) atoms. The lowest BCUT2D eigenvalue weighted by molar-refractivity contribution is -0.192. The number of benzene rings is 4. The van der Waals surface area contributed by atoms with Gasteiger partial charge in [0.15, 0.2) is 0 Å². The molecule has 1 heterocycles. The zero-order valence-electron chi connectivity index (χ0n) is 25.5. The number of carbonyl (C=O) groups is 2. The van der Waals surface area contributed by atoms with E-state index in [1.807, 2.05) is 54.6 Å². The van der Waals surface area contributed by atoms with Crippen LogP contribution >= 0.6 is 0 Å². The number of carboxylic acid groups (broad SMARTS) is 1. The summed E-state index contributed by atoms with van der Waals surface area (Å²) in [5, 5.41) is 10.2. The van der Waals surface area contributed by atoms with Gasteiger partial charge in [0, 0.05) is 37.4 Å². The lowest BCUT2D eigenvalue weighted by Crippen LogP contribution is -2.30. The molecule has 1 aliphatic heterocycles. The Morgan fingerprint density at radius 2 is 1.29 bits per heavy atom. The highest BCUT2D eigenvalue weighted by Crippen LogP contribution is 2.21. The second-order valence-corrected chi connectivity index (χ2v) is 11.2. The number of alkyl halides is 3. The molecule has 0 atom stereocenters. The zero-order chi connectivity index (χ0) is 32.4. The van der Waals surface area contributed by atoms with Crippen molar-refractivity contribution in [3.8, 4) is 11.1 Å². The number of rotatable bonds is 7. The standard InChI is InChI=1S/C34H37N3O.C2HF3O2/c1-26-12-13-29(22-27(26)2)25-37-19-7-18-36(20-21-37)24-28-8-6-11-33(23-28)35-34(38)32-16-14-31(15-17-32)30-9-4-3-5-10-30;3-2(4,5)1(6)7/h3-6,8-17,22-23H,7,18-21,24-25H2,1-2H3,(H,35,38);(H,6,7). The molecule has 0 saturated carbocycles. The molecule has 9 heteroatoms. The van der Waals surface area contributed by atoms with Crippen molar-refractivity contribution in [2.24, 2.45) is 0 Å². The first-order chi connectivity index (χ1) is 21.5. The number of hydrogen-bond donors (Lipinski definition) is 2. The Bertz CT molecular complexity index is 1570. The fourth-order valence-electron chi connectivity index (χ4n) is 5.15. The monoisotopic (exact) mass is 617 g/mol. The molecular weight excluding hydrogens is 579 g/mol. The largest absolute Gasteiger partial charge is 0.490 e. The third kappa shape index (κ3) is 10.3. The van der Waals surface area contributed by atoms with E-state index in [-0.39, 0.29) is 5.91 Å². The maximum atomic E-state index is 12.9. The molecule has 0 spiro atoms. The van der Waals surface area contributed by atoms with E-state index in [9.17, 15) is 18.0 Å². The summed E-state index contributed by atoms with van der Waals surface area (Å²) in [4.78, 5) is 26.9. The van der Waals surface area contributed by atoms with Gasteiger partial charge in [0.1, 0.15) is 0 Å². The number of halogens is 3. The van der Waals surface area contributed by atoms with Crippen molar-refractivity contribution in [2.45, 2.75) is 39.5 Å². The molecule has 0 aliphatic carbocycles. The van der Waals surface area contributed by atoms with Crippen molar-refractivity contribution in [1.82, 2.24) is 9.80 Å². The van der Waals surface area contributed by atoms with E-state index >= 15 is 0 Å². The first-order valence-electron chi connectivity index (χ1n) is 14.8. The quantitative estimate of drug-likeness (QED) is 0.224. The second kappa shape index (κ2) is 15.5. The Balaban J connectivity index is 0.000000591. The molecule has 4 aromatic carbocycles. The summed E-state index contributed by atoms with van der Waals surface area (Å²) in [6.45, 7) is 10.6. The van der Waals surface area contributed by atoms with E-state index in [1.165, 1.54) is 28.7 Å². The summed E-state index contributed by atoms with van der Waals surface area (Å²) >= 11 is 0. The number of anilines is 1. The molecule has 4 aromatic rings. The van der Waals surface area contributed by atoms with Gasteiger partial charge in [-0.1, -0.05) is 72.8 Å². The predicted molar refractivity (Wildman–Crippen MR) is 171 cm³/mol. The first kappa shape index (κ1) is 33.4. The Morgan fingerprint density at radius 3 is 1.87 bits per heavy atom. The smallest absolute Gasteiger partial charge is 0.475 e. The summed E-state index contributed by atoms with van der Waals surface area (Å²) in [5.41, 5.74) is 9.11. The van der Waals surface area contributed by atoms with Crippen molar-refractivity contribution in [3.63, 3.8) is 0 Å². The highest BCUT2D eigenvalue weighted by molar-refractivity contribution is 6.04. The van der Waals surface area contributed by atoms with Crippen LogP contribution in [0.2, 0.25) is 0 Å². The molecular formula is C36H38F3N3O3. The average molecular weight is 618 g/mol. The number of nitrogens with one attached hydrogen (secondary N) is 1. The van der Waals surface area contributed by atoms with Gasteiger partial charge in [-0.15, -0.1) is 0 Å². The van der Waals surface area contributed by atoms with Crippen LogP contribution < -0.4 is 5.32 Å². The van der Waals surface area contributed by atoms with Crippen LogP contribution in [-0.2, 0) is 17.9 Å². The van der Waals surface area contributed by atoms with Gasteiger partial charge in [-0.2, -0.15) is 13.2 Å². The Morgan fingerprint density at radius 1 is 0.711 bits per heavy atom. The van der Waals surface area contributed by atoms with Gasteiger partial charge in [0.2, 0.25) is 0 Å². The zero-order valence-corrected chi connectivity index (χ0v) is 25.5. The van der Waals surface area contributed by atoms with Gasteiger partial charge in [-0.3, -0.25) is 14.6 Å². The fourth-order valence-corrected chi connectivity index (χ4v) is 5.15. The average Bonchev–Trinajstić information content (AvgIpc) is 3.24. The summed E-state index contributed by atoms with van der Waals surface area (Å²) < 4.78 is 31.7. The fraction of sp³-hybridized carbons (Fsp3) is 0.278. The number of nitrogens with zero attached hydrogens (tertiary/aromatic N) is 2. The molecule has 1 amide bonds. The number of carboxylic acids is 1. The van der Waals surface area contributed by atoms with Crippen molar-refractivity contribution in [2.75, 3.05) is 31.5 Å². The minimum Gasteiger partial charge on any atom is -0.475 e. The van der Waals surface area contributed by atoms with Crippen LogP contribution in [0.5, 0.6) is 0 Å². The van der Waals surface area contributed by atoms with E-state index in [2.05, 4.69) is 71.4 Å². The van der Waals surface area contributed by atoms with Crippen LogP contribution in [0.3, 0.4) is 0 Å². The van der Waals surface area contributed by atoms with E-state index in [0.29, 0.717) is 5.56 Å². The molecule has 5 rings (SSSR count). The number of aryl methyl sites for hydroxylation is 2. The van der Waals surface area contributed by atoms with E-state index in [0.717, 1.165) is 56.1 Å². The highest BCUT2D eigenvalue weighted by Gasteiger charge is 2.38. The van der Waals surface area contributed by atoms with Gasteiger partial charge in [0.25, 0.3) is 5.91 Å². The van der Waals surface area contributed by atoms with Crippen LogP contribution in [-0.4, -0.2) is 59.1 Å². The van der Waals surface area contributed by atoms with E-state index in [4.69, 9.17) is 9.90 Å². The molecule has 0 unspecified atom stereocenters. The van der Waals surface area contributed by atoms with Gasteiger partial charge < -0.3 is 10.4 Å². The van der Waals surface area contributed by atoms with Gasteiger partial charge in [-0.05, 0) is 91.0 Å². The Labute approximate surface area is 262 Å². The number of amides is 1. The molecule has 0 bridgehead atoms. The lowest BCUT2D eigenvalue weighted by atomic mass is 10.0. The van der Waals surface area contributed by atoms with Crippen LogP contribution in [0.15, 0.2) is 97.1 Å². The number of hydrogen-bond acceptors (Lipinski definition) is 4. The van der Waals surface area contributed by atoms with Crippen molar-refractivity contribution in [1.29, 1.82) is 0 Å². The first-order valence-corrected chi connectivity index (χ1v) is 14.8. The minimum atomic E-state index is -5.08. The summed E-state index contributed by atoms with van der Waals surface area (Å²) in [5.74, 6) is -2.84. The molecule has 1 saturated heterocycles. The van der Waals surface area contributed by atoms with E-state index in [1.54, 1.807) is 0 Å². The molecule has 0 radical (unpaired) electrons. The maximum Gasteiger partial charge on any atom is 0.490 e. The van der Waals surface area contributed by atoms with Crippen LogP contribution in [0.25, 0.3) is 11.1 Å². The molecule has 2 N–H and O–H groups in total. The second-order valence-electron chi connectivity index (χ2n) is 11.2. The Kier molecular flexibility index (Phi) is 11.5. The van der Waals surface area contributed by atoms with Crippen LogP contribution in [0, 0.1) is 13.8 Å². The highest BCUT2D eigenvalue weighted by atomic mass is 19.4. The molecule has 6 nitrogen and oxygen atoms in total. The Hall–Kier alpha value is -4.47. The van der Waals surface area contributed by atoms with Gasteiger partial charge in [0.05, 0.1) is 0 Å². The minimum absolute atomic E-state index is 0.0847. The third-order valence-electron chi connectivity index (χ3n) is 7.75. The van der Waals surface area contributed by atoms with Crippen molar-refractivity contribution < 1.29 is 27.9 Å². The topological polar surface area (TPSA) is 72.9 Å². The lowest BCUT2D eigenvalue weighted by Gasteiger charge is -2.22. The van der Waals surface area contributed by atoms with Crippen LogP contribution in [0.4, 0.5) is 18.9 Å². The normalized spacial score (nSPS) is 14.2. The summed E-state index contributed by atoms with van der Waals surface area (Å²) in [6, 6.07) is 33.1. The SMILES string of the molecule is Cc1ccc(CN2CCCN(Cc3cccc(NC(=O)c4ccc(-c5ccccc5)cc4)c3)CC2)cc1C.O=C(O)C(F)(F)F. The number of carbonyl (C=O) groups excluding carboxylic acids is 1. The van der Waals surface area contributed by atoms with Gasteiger partial charge in [-0.25, -0.2) is 4.79 Å². The maximum absolute atomic E-state index is 12.9. The number of aliphatic carboxylic acids is 1. The molecule has 1 aliphatic rings. The summed E-state index contributed by atoms with van der Waals surface area (Å²) in [6.07, 6.45) is -3.92. The molecule has 236 valence electrons. The third-order valence-corrected chi connectivity index (χ3v) is 7.75. The van der Waals surface area contributed by atoms with Crippen molar-refractivity contribution >= 4 is 17.6 Å². The van der Waals surface area contributed by atoms with Crippen LogP contribution in [0.1, 0.15) is 39.0 Å². The molecule has 1 fully saturated rings. The van der Waals surface area contributed by atoms with E-state index < -0.39 is 12.1 Å². The van der Waals surface area contributed by atoms with Crippen molar-refractivity contribution in [3.05, 3.63) is 125 Å². The van der Waals surface area contributed by atoms with Gasteiger partial charge >= 0.3 is 12.1 Å². The predicted octanol–water partition coefficient (Wildman–Crippen LogP) is 7.56.